The fourth-order valence-corrected chi connectivity index (χ4v) is 2.35. The first-order chi connectivity index (χ1) is 10.7. The Bertz CT molecular complexity index is 554. The van der Waals surface area contributed by atoms with E-state index in [9.17, 15) is 9.59 Å². The first kappa shape index (κ1) is 19.0. The van der Waals surface area contributed by atoms with Crippen LogP contribution in [0, 0.1) is 6.92 Å². The minimum atomic E-state index is -0.850. The predicted molar refractivity (Wildman–Crippen MR) is 89.9 cm³/mol. The Morgan fingerprint density at radius 1 is 1.26 bits per heavy atom. The molecule has 1 unspecified atom stereocenters. The quantitative estimate of drug-likeness (QED) is 0.798. The van der Waals surface area contributed by atoms with Crippen molar-refractivity contribution in [3.05, 3.63) is 29.3 Å². The number of aryl methyl sites for hydroxylation is 1. The minimum absolute atomic E-state index is 0.0578. The smallest absolute Gasteiger partial charge is 0.303 e. The Morgan fingerprint density at radius 3 is 2.48 bits per heavy atom. The molecule has 5 nitrogen and oxygen atoms in total. The Labute approximate surface area is 138 Å². The lowest BCUT2D eigenvalue weighted by molar-refractivity contribution is -0.139. The van der Waals surface area contributed by atoms with Crippen LogP contribution in [0.3, 0.4) is 0 Å². The molecular formula is C18H27NO4. The number of benzene rings is 1. The molecule has 0 bridgehead atoms. The molecule has 0 saturated carbocycles. The molecule has 1 atom stereocenters. The molecule has 0 fully saturated rings. The van der Waals surface area contributed by atoms with Crippen molar-refractivity contribution in [2.75, 3.05) is 13.6 Å². The van der Waals surface area contributed by atoms with E-state index in [1.807, 2.05) is 25.1 Å². The fourth-order valence-electron chi connectivity index (χ4n) is 2.35. The summed E-state index contributed by atoms with van der Waals surface area (Å²) in [6.07, 6.45) is -0.113. The molecular weight excluding hydrogens is 294 g/mol. The summed E-state index contributed by atoms with van der Waals surface area (Å²) in [5.74, 6) is 0.0454. The third-order valence-electron chi connectivity index (χ3n) is 3.70. The van der Waals surface area contributed by atoms with Gasteiger partial charge in [0.1, 0.15) is 5.75 Å². The van der Waals surface area contributed by atoms with Crippen LogP contribution >= 0.6 is 0 Å². The van der Waals surface area contributed by atoms with Crippen LogP contribution in [0.2, 0.25) is 0 Å². The van der Waals surface area contributed by atoms with Gasteiger partial charge in [0.15, 0.2) is 6.10 Å². The summed E-state index contributed by atoms with van der Waals surface area (Å²) in [6.45, 7) is 8.29. The normalized spacial score (nSPS) is 12.1. The highest BCUT2D eigenvalue weighted by Gasteiger charge is 2.21. The third kappa shape index (κ3) is 5.93. The third-order valence-corrected chi connectivity index (χ3v) is 3.70. The standard InChI is InChI=1S/C18H27NO4/c1-12(2)15-9-8-13(3)11-16(15)23-14(4)18(22)19(5)10-6-7-17(20)21/h8-9,11-12,14H,6-7,10H2,1-5H3,(H,20,21). The van der Waals surface area contributed by atoms with Crippen LogP contribution in [0.15, 0.2) is 18.2 Å². The van der Waals surface area contributed by atoms with Crippen molar-refractivity contribution in [3.8, 4) is 5.75 Å². The van der Waals surface area contributed by atoms with E-state index in [4.69, 9.17) is 9.84 Å². The van der Waals surface area contributed by atoms with E-state index in [0.29, 0.717) is 18.9 Å². The largest absolute Gasteiger partial charge is 0.481 e. The fraction of sp³-hybridized carbons (Fsp3) is 0.556. The maximum Gasteiger partial charge on any atom is 0.303 e. The molecule has 23 heavy (non-hydrogen) atoms. The summed E-state index contributed by atoms with van der Waals surface area (Å²) in [4.78, 5) is 24.4. The van der Waals surface area contributed by atoms with Crippen molar-refractivity contribution >= 4 is 11.9 Å². The van der Waals surface area contributed by atoms with Crippen LogP contribution in [0.1, 0.15) is 50.7 Å². The second kappa shape index (κ2) is 8.56. The highest BCUT2D eigenvalue weighted by Crippen LogP contribution is 2.28. The molecule has 0 aliphatic heterocycles. The van der Waals surface area contributed by atoms with Gasteiger partial charge in [-0.2, -0.15) is 0 Å². The topological polar surface area (TPSA) is 66.8 Å². The maximum absolute atomic E-state index is 12.3. The summed E-state index contributed by atoms with van der Waals surface area (Å²) in [6, 6.07) is 6.01. The number of likely N-dealkylation sites (N-methyl/N-ethyl adjacent to an activating group) is 1. The molecule has 1 N–H and O–H groups in total. The van der Waals surface area contributed by atoms with Gasteiger partial charge in [0, 0.05) is 20.0 Å². The molecule has 128 valence electrons. The van der Waals surface area contributed by atoms with Crippen molar-refractivity contribution in [1.29, 1.82) is 0 Å². The van der Waals surface area contributed by atoms with Gasteiger partial charge >= 0.3 is 5.97 Å². The summed E-state index contributed by atoms with van der Waals surface area (Å²) >= 11 is 0. The lowest BCUT2D eigenvalue weighted by Gasteiger charge is -2.23. The van der Waals surface area contributed by atoms with E-state index in [2.05, 4.69) is 13.8 Å². The first-order valence-electron chi connectivity index (χ1n) is 7.96. The SMILES string of the molecule is Cc1ccc(C(C)C)c(OC(C)C(=O)N(C)CCCC(=O)O)c1. The Morgan fingerprint density at radius 2 is 1.91 bits per heavy atom. The summed E-state index contributed by atoms with van der Waals surface area (Å²) in [5, 5.41) is 8.65. The molecule has 0 aromatic heterocycles. The number of aliphatic carboxylic acids is 1. The van der Waals surface area contributed by atoms with Gasteiger partial charge in [-0.05, 0) is 43.4 Å². The van der Waals surface area contributed by atoms with Gasteiger partial charge in [0.2, 0.25) is 0 Å². The molecule has 0 aliphatic carbocycles. The number of carboxylic acid groups (broad SMARTS) is 1. The first-order valence-corrected chi connectivity index (χ1v) is 7.96. The zero-order valence-corrected chi connectivity index (χ0v) is 14.6. The molecule has 0 spiro atoms. The molecule has 5 heteroatoms. The lowest BCUT2D eigenvalue weighted by Crippen LogP contribution is -2.38. The molecule has 0 saturated heterocycles. The molecule has 0 radical (unpaired) electrons. The van der Waals surface area contributed by atoms with Gasteiger partial charge in [0.05, 0.1) is 0 Å². The van der Waals surface area contributed by atoms with E-state index in [0.717, 1.165) is 16.9 Å². The second-order valence-corrected chi connectivity index (χ2v) is 6.21. The number of hydrogen-bond acceptors (Lipinski definition) is 3. The Balaban J connectivity index is 2.71. The van der Waals surface area contributed by atoms with Gasteiger partial charge in [-0.25, -0.2) is 0 Å². The van der Waals surface area contributed by atoms with E-state index < -0.39 is 12.1 Å². The number of hydrogen-bond donors (Lipinski definition) is 1. The molecule has 0 heterocycles. The molecule has 1 aromatic carbocycles. The van der Waals surface area contributed by atoms with Gasteiger partial charge < -0.3 is 14.7 Å². The van der Waals surface area contributed by atoms with Crippen LogP contribution < -0.4 is 4.74 Å². The average Bonchev–Trinajstić information content (AvgIpc) is 2.45. The van der Waals surface area contributed by atoms with Gasteiger partial charge in [-0.3, -0.25) is 9.59 Å². The van der Waals surface area contributed by atoms with Crippen LogP contribution in [-0.2, 0) is 9.59 Å². The highest BCUT2D eigenvalue weighted by atomic mass is 16.5. The number of carbonyl (C=O) groups is 2. The van der Waals surface area contributed by atoms with E-state index in [1.165, 1.54) is 4.90 Å². The van der Waals surface area contributed by atoms with Crippen molar-refractivity contribution in [2.24, 2.45) is 0 Å². The van der Waals surface area contributed by atoms with Crippen LogP contribution in [0.4, 0.5) is 0 Å². The predicted octanol–water partition coefficient (Wildman–Crippen LogP) is 3.21. The van der Waals surface area contributed by atoms with Crippen LogP contribution in [-0.4, -0.2) is 41.6 Å². The number of carbonyl (C=O) groups excluding carboxylic acids is 1. The van der Waals surface area contributed by atoms with Crippen molar-refractivity contribution in [3.63, 3.8) is 0 Å². The summed E-state index contributed by atoms with van der Waals surface area (Å²) in [7, 11) is 1.67. The maximum atomic E-state index is 12.3. The number of carboxylic acids is 1. The number of ether oxygens (including phenoxy) is 1. The number of rotatable bonds is 8. The minimum Gasteiger partial charge on any atom is -0.481 e. The van der Waals surface area contributed by atoms with Gasteiger partial charge in [-0.15, -0.1) is 0 Å². The second-order valence-electron chi connectivity index (χ2n) is 6.21. The summed E-state index contributed by atoms with van der Waals surface area (Å²) in [5.41, 5.74) is 2.16. The van der Waals surface area contributed by atoms with E-state index in [-0.39, 0.29) is 12.3 Å². The molecule has 1 amide bonds. The molecule has 0 aliphatic rings. The molecule has 1 aromatic rings. The van der Waals surface area contributed by atoms with Gasteiger partial charge in [0.25, 0.3) is 5.91 Å². The zero-order valence-electron chi connectivity index (χ0n) is 14.6. The zero-order chi connectivity index (χ0) is 17.6. The Hall–Kier alpha value is -2.04. The lowest BCUT2D eigenvalue weighted by atomic mass is 10.0. The number of nitrogens with zero attached hydrogens (tertiary/aromatic N) is 1. The van der Waals surface area contributed by atoms with E-state index >= 15 is 0 Å². The van der Waals surface area contributed by atoms with Gasteiger partial charge in [-0.1, -0.05) is 26.0 Å². The van der Waals surface area contributed by atoms with Crippen molar-refractivity contribution in [2.45, 2.75) is 52.6 Å². The average molecular weight is 321 g/mol. The van der Waals surface area contributed by atoms with E-state index in [1.54, 1.807) is 14.0 Å². The highest BCUT2D eigenvalue weighted by molar-refractivity contribution is 5.80. The van der Waals surface area contributed by atoms with Crippen molar-refractivity contribution < 1.29 is 19.4 Å². The monoisotopic (exact) mass is 321 g/mol. The van der Waals surface area contributed by atoms with Crippen molar-refractivity contribution in [1.82, 2.24) is 4.90 Å². The van der Waals surface area contributed by atoms with Crippen LogP contribution in [0.25, 0.3) is 0 Å². The van der Waals surface area contributed by atoms with Crippen LogP contribution in [0.5, 0.6) is 5.75 Å². The summed E-state index contributed by atoms with van der Waals surface area (Å²) < 4.78 is 5.89. The Kier molecular flexibility index (Phi) is 7.07. The number of amides is 1. The molecule has 1 rings (SSSR count).